The molecule has 0 spiro atoms. The average Bonchev–Trinajstić information content (AvgIpc) is 2.45. The van der Waals surface area contributed by atoms with Crippen LogP contribution in [0, 0.1) is 12.7 Å². The molecule has 0 aliphatic heterocycles. The van der Waals surface area contributed by atoms with Crippen LogP contribution in [0.25, 0.3) is 0 Å². The zero-order valence-corrected chi connectivity index (χ0v) is 12.3. The van der Waals surface area contributed by atoms with Crippen LogP contribution in [-0.2, 0) is 10.5 Å². The Kier molecular flexibility index (Phi) is 4.74. The maximum absolute atomic E-state index is 12.8. The number of halogens is 1. The zero-order valence-electron chi connectivity index (χ0n) is 11.5. The van der Waals surface area contributed by atoms with E-state index in [4.69, 9.17) is 4.74 Å². The lowest BCUT2D eigenvalue weighted by atomic mass is 10.2. The van der Waals surface area contributed by atoms with E-state index in [1.807, 2.05) is 0 Å². The van der Waals surface area contributed by atoms with Gasteiger partial charge in [0.25, 0.3) is 0 Å². The van der Waals surface area contributed by atoms with Gasteiger partial charge in [0, 0.05) is 11.4 Å². The largest absolute Gasteiger partial charge is 0.465 e. The second-order valence-electron chi connectivity index (χ2n) is 4.25. The molecule has 1 heterocycles. The first kappa shape index (κ1) is 15.2. The molecule has 110 valence electrons. The minimum atomic E-state index is -0.558. The highest BCUT2D eigenvalue weighted by Gasteiger charge is 2.18. The van der Waals surface area contributed by atoms with Gasteiger partial charge in [-0.05, 0) is 24.6 Å². The molecule has 0 aliphatic rings. The summed E-state index contributed by atoms with van der Waals surface area (Å²) < 4.78 is 17.5. The van der Waals surface area contributed by atoms with Crippen molar-refractivity contribution in [2.45, 2.75) is 17.7 Å². The SMILES string of the molecule is COC(=O)c1c(SCc2ccc(F)cc2)nc(=O)[nH]c1C. The Morgan fingerprint density at radius 3 is 2.67 bits per heavy atom. The molecular formula is C14H13FN2O3S. The molecule has 1 N–H and O–H groups in total. The molecule has 7 heteroatoms. The number of aromatic amines is 1. The van der Waals surface area contributed by atoms with Crippen LogP contribution in [0.1, 0.15) is 21.6 Å². The summed E-state index contributed by atoms with van der Waals surface area (Å²) in [5.41, 5.74) is 0.978. The van der Waals surface area contributed by atoms with Crippen LogP contribution in [0.2, 0.25) is 0 Å². The number of nitrogens with zero attached hydrogens (tertiary/aromatic N) is 1. The Morgan fingerprint density at radius 1 is 1.38 bits per heavy atom. The second-order valence-corrected chi connectivity index (χ2v) is 5.22. The van der Waals surface area contributed by atoms with Crippen molar-refractivity contribution in [2.24, 2.45) is 0 Å². The first-order valence-electron chi connectivity index (χ1n) is 6.07. The van der Waals surface area contributed by atoms with Gasteiger partial charge in [0.2, 0.25) is 0 Å². The molecule has 0 aliphatic carbocycles. The van der Waals surface area contributed by atoms with E-state index in [2.05, 4.69) is 9.97 Å². The second kappa shape index (κ2) is 6.53. The van der Waals surface area contributed by atoms with Crippen molar-refractivity contribution in [3.63, 3.8) is 0 Å². The smallest absolute Gasteiger partial charge is 0.346 e. The van der Waals surface area contributed by atoms with Gasteiger partial charge in [-0.2, -0.15) is 4.98 Å². The van der Waals surface area contributed by atoms with Crippen LogP contribution in [0.3, 0.4) is 0 Å². The number of H-pyrrole nitrogens is 1. The summed E-state index contributed by atoms with van der Waals surface area (Å²) in [7, 11) is 1.27. The van der Waals surface area contributed by atoms with E-state index in [0.717, 1.165) is 5.56 Å². The van der Waals surface area contributed by atoms with Crippen molar-refractivity contribution < 1.29 is 13.9 Å². The maximum atomic E-state index is 12.8. The Bertz CT molecular complexity index is 713. The van der Waals surface area contributed by atoms with Crippen molar-refractivity contribution in [2.75, 3.05) is 7.11 Å². The van der Waals surface area contributed by atoms with Gasteiger partial charge in [0.05, 0.1) is 7.11 Å². The minimum Gasteiger partial charge on any atom is -0.465 e. The Balaban J connectivity index is 2.28. The number of benzene rings is 1. The Hall–Kier alpha value is -2.15. The number of hydrogen-bond donors (Lipinski definition) is 1. The molecule has 0 fully saturated rings. The van der Waals surface area contributed by atoms with E-state index in [0.29, 0.717) is 16.5 Å². The summed E-state index contributed by atoms with van der Waals surface area (Å²) in [5.74, 6) is -0.415. The monoisotopic (exact) mass is 308 g/mol. The van der Waals surface area contributed by atoms with Gasteiger partial charge in [-0.3, -0.25) is 0 Å². The number of hydrogen-bond acceptors (Lipinski definition) is 5. The topological polar surface area (TPSA) is 72.0 Å². The van der Waals surface area contributed by atoms with Crippen LogP contribution in [-0.4, -0.2) is 23.0 Å². The molecule has 0 radical (unpaired) electrons. The van der Waals surface area contributed by atoms with Crippen LogP contribution in [0.5, 0.6) is 0 Å². The summed E-state index contributed by atoms with van der Waals surface area (Å²) >= 11 is 1.22. The Labute approximate surface area is 124 Å². The average molecular weight is 308 g/mol. The van der Waals surface area contributed by atoms with Crippen molar-refractivity contribution in [1.29, 1.82) is 0 Å². The molecule has 1 aromatic heterocycles. The van der Waals surface area contributed by atoms with Gasteiger partial charge in [-0.1, -0.05) is 12.1 Å². The number of ether oxygens (including phenoxy) is 1. The van der Waals surface area contributed by atoms with E-state index in [1.165, 1.54) is 31.0 Å². The number of carbonyl (C=O) groups excluding carboxylic acids is 1. The lowest BCUT2D eigenvalue weighted by Gasteiger charge is -2.08. The van der Waals surface area contributed by atoms with Gasteiger partial charge >= 0.3 is 11.7 Å². The van der Waals surface area contributed by atoms with Crippen molar-refractivity contribution in [3.05, 3.63) is 57.4 Å². The van der Waals surface area contributed by atoms with Crippen LogP contribution in [0.15, 0.2) is 34.1 Å². The zero-order chi connectivity index (χ0) is 15.4. The first-order valence-corrected chi connectivity index (χ1v) is 7.06. The fourth-order valence-corrected chi connectivity index (χ4v) is 2.76. The highest BCUT2D eigenvalue weighted by molar-refractivity contribution is 7.98. The highest BCUT2D eigenvalue weighted by Crippen LogP contribution is 2.25. The molecule has 2 aromatic rings. The van der Waals surface area contributed by atoms with E-state index in [9.17, 15) is 14.0 Å². The molecule has 0 saturated heterocycles. The van der Waals surface area contributed by atoms with Crippen molar-refractivity contribution in [3.8, 4) is 0 Å². The molecular weight excluding hydrogens is 295 g/mol. The van der Waals surface area contributed by atoms with Gasteiger partial charge in [-0.25, -0.2) is 14.0 Å². The normalized spacial score (nSPS) is 10.4. The summed E-state index contributed by atoms with van der Waals surface area (Å²) in [5, 5.41) is 0.299. The van der Waals surface area contributed by atoms with Crippen LogP contribution in [0.4, 0.5) is 4.39 Å². The highest BCUT2D eigenvalue weighted by atomic mass is 32.2. The molecule has 0 unspecified atom stereocenters. The van der Waals surface area contributed by atoms with E-state index in [-0.39, 0.29) is 11.4 Å². The van der Waals surface area contributed by atoms with Crippen molar-refractivity contribution >= 4 is 17.7 Å². The van der Waals surface area contributed by atoms with Gasteiger partial charge < -0.3 is 9.72 Å². The lowest BCUT2D eigenvalue weighted by Crippen LogP contribution is -2.19. The number of thioether (sulfide) groups is 1. The predicted molar refractivity (Wildman–Crippen MR) is 76.9 cm³/mol. The number of methoxy groups -OCH3 is 1. The fraction of sp³-hybridized carbons (Fsp3) is 0.214. The first-order chi connectivity index (χ1) is 10.0. The van der Waals surface area contributed by atoms with Crippen molar-refractivity contribution in [1.82, 2.24) is 9.97 Å². The number of aryl methyl sites for hydroxylation is 1. The van der Waals surface area contributed by atoms with Gasteiger partial charge in [0.1, 0.15) is 16.4 Å². The minimum absolute atomic E-state index is 0.240. The van der Waals surface area contributed by atoms with E-state index < -0.39 is 11.7 Å². The fourth-order valence-electron chi connectivity index (χ4n) is 1.74. The standard InChI is InChI=1S/C14H13FN2O3S/c1-8-11(13(18)20-2)12(17-14(19)16-8)21-7-9-3-5-10(15)6-4-9/h3-6H,7H2,1-2H3,(H,16,17,19). The van der Waals surface area contributed by atoms with Crippen LogP contribution < -0.4 is 5.69 Å². The number of nitrogens with one attached hydrogen (secondary N) is 1. The van der Waals surface area contributed by atoms with E-state index in [1.54, 1.807) is 19.1 Å². The molecule has 1 aromatic carbocycles. The molecule has 21 heavy (non-hydrogen) atoms. The third kappa shape index (κ3) is 3.69. The molecule has 5 nitrogen and oxygen atoms in total. The van der Waals surface area contributed by atoms with E-state index >= 15 is 0 Å². The quantitative estimate of drug-likeness (QED) is 0.533. The molecule has 0 bridgehead atoms. The maximum Gasteiger partial charge on any atom is 0.346 e. The Morgan fingerprint density at radius 2 is 2.05 bits per heavy atom. The molecule has 0 atom stereocenters. The third-order valence-corrected chi connectivity index (χ3v) is 3.81. The summed E-state index contributed by atoms with van der Waals surface area (Å²) in [6, 6.07) is 5.99. The van der Waals surface area contributed by atoms with Gasteiger partial charge in [-0.15, -0.1) is 11.8 Å². The predicted octanol–water partition coefficient (Wildman–Crippen LogP) is 2.30. The molecule has 2 rings (SSSR count). The number of carbonyl (C=O) groups is 1. The van der Waals surface area contributed by atoms with Gasteiger partial charge in [0.15, 0.2) is 0 Å². The summed E-state index contributed by atoms with van der Waals surface area (Å²) in [6.07, 6.45) is 0. The molecule has 0 saturated carbocycles. The molecule has 0 amide bonds. The third-order valence-electron chi connectivity index (χ3n) is 2.76. The number of esters is 1. The summed E-state index contributed by atoms with van der Waals surface area (Å²) in [6.45, 7) is 1.61. The number of aromatic nitrogens is 2. The summed E-state index contributed by atoms with van der Waals surface area (Å²) in [4.78, 5) is 29.5. The number of rotatable bonds is 4. The lowest BCUT2D eigenvalue weighted by molar-refractivity contribution is 0.0594. The van der Waals surface area contributed by atoms with Crippen LogP contribution >= 0.6 is 11.8 Å².